The van der Waals surface area contributed by atoms with Gasteiger partial charge in [0.25, 0.3) is 0 Å². The Labute approximate surface area is 71.0 Å². The molecule has 0 aliphatic heterocycles. The van der Waals surface area contributed by atoms with Crippen molar-refractivity contribution in [3.8, 4) is 0 Å². The molecule has 0 N–H and O–H groups in total. The van der Waals surface area contributed by atoms with E-state index in [0.29, 0.717) is 5.88 Å². The van der Waals surface area contributed by atoms with E-state index in [2.05, 4.69) is 10.2 Å². The van der Waals surface area contributed by atoms with Gasteiger partial charge in [-0.3, -0.25) is 0 Å². The molecule has 1 heterocycles. The lowest BCUT2D eigenvalue weighted by atomic mass is 10.3. The van der Waals surface area contributed by atoms with Gasteiger partial charge in [0.1, 0.15) is 0 Å². The minimum atomic E-state index is 0. The highest BCUT2D eigenvalue weighted by atomic mass is 35.5. The van der Waals surface area contributed by atoms with E-state index in [1.54, 1.807) is 6.20 Å². The largest absolute Gasteiger partial charge is 0.159 e. The number of halogens is 2. The number of rotatable bonds is 1. The van der Waals surface area contributed by atoms with Gasteiger partial charge in [-0.2, -0.15) is 10.2 Å². The molecule has 0 saturated heterocycles. The molecule has 0 amide bonds. The fourth-order valence-electron chi connectivity index (χ4n) is 0.555. The molecule has 0 aromatic carbocycles. The van der Waals surface area contributed by atoms with Gasteiger partial charge in [0, 0.05) is 6.20 Å². The molecule has 4 heteroatoms. The molecule has 10 heavy (non-hydrogen) atoms. The molecular formula is C6H8Cl2N2. The minimum Gasteiger partial charge on any atom is -0.159 e. The lowest BCUT2D eigenvalue weighted by Crippen LogP contribution is -1.91. The second-order valence-electron chi connectivity index (χ2n) is 1.79. The summed E-state index contributed by atoms with van der Waals surface area (Å²) in [5.74, 6) is 0.444. The van der Waals surface area contributed by atoms with Gasteiger partial charge in [-0.25, -0.2) is 0 Å². The third-order valence-corrected chi connectivity index (χ3v) is 1.40. The molecule has 1 aromatic rings. The monoisotopic (exact) mass is 178 g/mol. The molecular weight excluding hydrogens is 171 g/mol. The van der Waals surface area contributed by atoms with Crippen LogP contribution in [0.15, 0.2) is 12.3 Å². The number of nitrogens with zero attached hydrogens (tertiary/aromatic N) is 2. The summed E-state index contributed by atoms with van der Waals surface area (Å²) in [5.41, 5.74) is 1.96. The summed E-state index contributed by atoms with van der Waals surface area (Å²) in [7, 11) is 0. The summed E-state index contributed by atoms with van der Waals surface area (Å²) in [4.78, 5) is 0. The zero-order valence-corrected chi connectivity index (χ0v) is 7.11. The lowest BCUT2D eigenvalue weighted by molar-refractivity contribution is 0.949. The van der Waals surface area contributed by atoms with Gasteiger partial charge in [0.05, 0.1) is 11.6 Å². The van der Waals surface area contributed by atoms with E-state index in [0.717, 1.165) is 11.3 Å². The van der Waals surface area contributed by atoms with E-state index in [-0.39, 0.29) is 12.4 Å². The van der Waals surface area contributed by atoms with Crippen molar-refractivity contribution < 1.29 is 0 Å². The standard InChI is InChI=1S/C6H7ClN2.ClH/c1-5-2-3-8-9-6(5)4-7;/h2-3H,4H2,1H3;1H. The van der Waals surface area contributed by atoms with Gasteiger partial charge >= 0.3 is 0 Å². The fraction of sp³-hybridized carbons (Fsp3) is 0.333. The van der Waals surface area contributed by atoms with Crippen molar-refractivity contribution in [3.63, 3.8) is 0 Å². The molecule has 0 bridgehead atoms. The van der Waals surface area contributed by atoms with Crippen LogP contribution in [0.5, 0.6) is 0 Å². The molecule has 0 aliphatic carbocycles. The van der Waals surface area contributed by atoms with Crippen LogP contribution in [0.3, 0.4) is 0 Å². The van der Waals surface area contributed by atoms with Crippen molar-refractivity contribution in [1.82, 2.24) is 10.2 Å². The van der Waals surface area contributed by atoms with Crippen molar-refractivity contribution in [2.45, 2.75) is 12.8 Å². The van der Waals surface area contributed by atoms with Gasteiger partial charge in [-0.15, -0.1) is 24.0 Å². The summed E-state index contributed by atoms with van der Waals surface area (Å²) in [6.45, 7) is 1.96. The number of aryl methyl sites for hydroxylation is 1. The SMILES string of the molecule is Cc1ccnnc1CCl.Cl. The average Bonchev–Trinajstić information content (AvgIpc) is 1.89. The first-order valence-corrected chi connectivity index (χ1v) is 3.21. The van der Waals surface area contributed by atoms with E-state index < -0.39 is 0 Å². The number of hydrogen-bond donors (Lipinski definition) is 0. The Hall–Kier alpha value is -0.340. The van der Waals surface area contributed by atoms with Crippen molar-refractivity contribution in [2.75, 3.05) is 0 Å². The van der Waals surface area contributed by atoms with Crippen molar-refractivity contribution in [1.29, 1.82) is 0 Å². The molecule has 0 atom stereocenters. The van der Waals surface area contributed by atoms with Crippen LogP contribution in [-0.2, 0) is 5.88 Å². The zero-order chi connectivity index (χ0) is 6.69. The summed E-state index contributed by atoms with van der Waals surface area (Å²) in [5, 5.41) is 7.50. The first kappa shape index (κ1) is 9.66. The second kappa shape index (κ2) is 4.47. The van der Waals surface area contributed by atoms with Gasteiger partial charge in [0.15, 0.2) is 0 Å². The predicted octanol–water partition coefficient (Wildman–Crippen LogP) is 1.95. The Bertz CT molecular complexity index is 203. The molecule has 1 rings (SSSR count). The van der Waals surface area contributed by atoms with Crippen LogP contribution in [0, 0.1) is 6.92 Å². The Morgan fingerprint density at radius 3 is 2.70 bits per heavy atom. The molecule has 0 radical (unpaired) electrons. The van der Waals surface area contributed by atoms with Gasteiger partial charge in [-0.1, -0.05) is 0 Å². The topological polar surface area (TPSA) is 25.8 Å². The van der Waals surface area contributed by atoms with Crippen LogP contribution >= 0.6 is 24.0 Å². The van der Waals surface area contributed by atoms with Crippen LogP contribution in [0.4, 0.5) is 0 Å². The van der Waals surface area contributed by atoms with E-state index >= 15 is 0 Å². The Balaban J connectivity index is 0.000000810. The van der Waals surface area contributed by atoms with Crippen molar-refractivity contribution >= 4 is 24.0 Å². The maximum Gasteiger partial charge on any atom is 0.0807 e. The molecule has 0 aliphatic rings. The van der Waals surface area contributed by atoms with E-state index in [9.17, 15) is 0 Å². The second-order valence-corrected chi connectivity index (χ2v) is 2.06. The molecule has 0 unspecified atom stereocenters. The Kier molecular flexibility index (Phi) is 4.32. The third-order valence-electron chi connectivity index (χ3n) is 1.15. The molecule has 0 spiro atoms. The highest BCUT2D eigenvalue weighted by Gasteiger charge is 1.94. The van der Waals surface area contributed by atoms with Crippen molar-refractivity contribution in [3.05, 3.63) is 23.5 Å². The van der Waals surface area contributed by atoms with Gasteiger partial charge in [0.2, 0.25) is 0 Å². The Morgan fingerprint density at radius 2 is 2.30 bits per heavy atom. The Morgan fingerprint density at radius 1 is 1.60 bits per heavy atom. The summed E-state index contributed by atoms with van der Waals surface area (Å²) >= 11 is 5.53. The smallest absolute Gasteiger partial charge is 0.0807 e. The number of hydrogen-bond acceptors (Lipinski definition) is 2. The van der Waals surface area contributed by atoms with Crippen LogP contribution in [-0.4, -0.2) is 10.2 Å². The van der Waals surface area contributed by atoms with Crippen LogP contribution < -0.4 is 0 Å². The van der Waals surface area contributed by atoms with Crippen LogP contribution in [0.1, 0.15) is 11.3 Å². The maximum atomic E-state index is 5.53. The van der Waals surface area contributed by atoms with Crippen LogP contribution in [0.2, 0.25) is 0 Å². The molecule has 0 fully saturated rings. The van der Waals surface area contributed by atoms with E-state index in [4.69, 9.17) is 11.6 Å². The predicted molar refractivity (Wildman–Crippen MR) is 43.6 cm³/mol. The lowest BCUT2D eigenvalue weighted by Gasteiger charge is -1.94. The zero-order valence-electron chi connectivity index (χ0n) is 5.54. The maximum absolute atomic E-state index is 5.53. The molecule has 1 aromatic heterocycles. The summed E-state index contributed by atoms with van der Waals surface area (Å²) in [6, 6.07) is 1.89. The third kappa shape index (κ3) is 2.12. The van der Waals surface area contributed by atoms with E-state index in [1.807, 2.05) is 13.0 Å². The summed E-state index contributed by atoms with van der Waals surface area (Å²) < 4.78 is 0. The first-order valence-electron chi connectivity index (χ1n) is 2.67. The van der Waals surface area contributed by atoms with E-state index in [1.165, 1.54) is 0 Å². The minimum absolute atomic E-state index is 0. The quantitative estimate of drug-likeness (QED) is 0.615. The fourth-order valence-corrected chi connectivity index (χ4v) is 0.820. The van der Waals surface area contributed by atoms with Crippen LogP contribution in [0.25, 0.3) is 0 Å². The highest BCUT2D eigenvalue weighted by molar-refractivity contribution is 6.16. The first-order chi connectivity index (χ1) is 4.34. The highest BCUT2D eigenvalue weighted by Crippen LogP contribution is 2.03. The van der Waals surface area contributed by atoms with Gasteiger partial charge < -0.3 is 0 Å². The normalized spacial score (nSPS) is 8.60. The summed E-state index contributed by atoms with van der Waals surface area (Å²) in [6.07, 6.45) is 1.66. The average molecular weight is 179 g/mol. The van der Waals surface area contributed by atoms with Gasteiger partial charge in [-0.05, 0) is 18.6 Å². The van der Waals surface area contributed by atoms with Crippen molar-refractivity contribution in [2.24, 2.45) is 0 Å². The number of aromatic nitrogens is 2. The molecule has 56 valence electrons. The molecule has 2 nitrogen and oxygen atoms in total. The molecule has 0 saturated carbocycles. The number of alkyl halides is 1.